The summed E-state index contributed by atoms with van der Waals surface area (Å²) in [4.78, 5) is 35.8. The third-order valence-corrected chi connectivity index (χ3v) is 2.63. The maximum atomic E-state index is 13.0. The second kappa shape index (κ2) is 7.22. The van der Waals surface area contributed by atoms with Gasteiger partial charge in [0.2, 0.25) is 0 Å². The van der Waals surface area contributed by atoms with E-state index in [9.17, 15) is 18.8 Å². The first-order chi connectivity index (χ1) is 9.88. The van der Waals surface area contributed by atoms with Crippen molar-refractivity contribution >= 4 is 23.5 Å². The van der Waals surface area contributed by atoms with E-state index in [1.54, 1.807) is 0 Å². The molecule has 114 valence electrons. The van der Waals surface area contributed by atoms with E-state index in [1.807, 2.05) is 0 Å². The summed E-state index contributed by atoms with van der Waals surface area (Å²) in [5, 5.41) is 0. The zero-order valence-electron chi connectivity index (χ0n) is 11.6. The summed E-state index contributed by atoms with van der Waals surface area (Å²) >= 11 is 0. The van der Waals surface area contributed by atoms with E-state index in [0.717, 1.165) is 31.3 Å². The molecule has 0 bridgehead atoms. The molecule has 0 unspecified atom stereocenters. The van der Waals surface area contributed by atoms with Crippen molar-refractivity contribution in [2.75, 3.05) is 33.0 Å². The molecule has 1 amide bonds. The fraction of sp³-hybridized carbons (Fsp3) is 0.308. The van der Waals surface area contributed by atoms with E-state index in [0.29, 0.717) is 0 Å². The molecule has 0 atom stereocenters. The van der Waals surface area contributed by atoms with Gasteiger partial charge < -0.3 is 20.1 Å². The van der Waals surface area contributed by atoms with E-state index < -0.39 is 36.8 Å². The quantitative estimate of drug-likeness (QED) is 0.615. The number of methoxy groups -OCH3 is 2. The van der Waals surface area contributed by atoms with Crippen LogP contribution in [0, 0.1) is 5.82 Å². The van der Waals surface area contributed by atoms with E-state index in [4.69, 9.17) is 5.73 Å². The molecule has 0 aliphatic rings. The standard InChI is InChI=1S/C13H15FN2O5/c1-20-11(17)6-16(7-12(18)21-2)13(19)9-4-3-8(14)5-10(9)15/h3-5H,6-7,15H2,1-2H3. The summed E-state index contributed by atoms with van der Waals surface area (Å²) in [5.41, 5.74) is 5.45. The highest BCUT2D eigenvalue weighted by atomic mass is 19.1. The Morgan fingerprint density at radius 2 is 1.67 bits per heavy atom. The van der Waals surface area contributed by atoms with Crippen LogP contribution in [0.5, 0.6) is 0 Å². The second-order valence-corrected chi connectivity index (χ2v) is 4.05. The number of carbonyl (C=O) groups excluding carboxylic acids is 3. The summed E-state index contributed by atoms with van der Waals surface area (Å²) in [5.74, 6) is -2.74. The van der Waals surface area contributed by atoms with Crippen LogP contribution in [0.1, 0.15) is 10.4 Å². The van der Waals surface area contributed by atoms with Gasteiger partial charge in [-0.1, -0.05) is 0 Å². The SMILES string of the molecule is COC(=O)CN(CC(=O)OC)C(=O)c1ccc(F)cc1N. The topological polar surface area (TPSA) is 98.9 Å². The number of carbonyl (C=O) groups is 3. The van der Waals surface area contributed by atoms with E-state index in [-0.39, 0.29) is 11.3 Å². The molecule has 0 aromatic heterocycles. The number of halogens is 1. The fourth-order valence-electron chi connectivity index (χ4n) is 1.54. The average Bonchev–Trinajstić information content (AvgIpc) is 2.45. The smallest absolute Gasteiger partial charge is 0.325 e. The molecule has 7 nitrogen and oxygen atoms in total. The van der Waals surface area contributed by atoms with Crippen LogP contribution in [0.3, 0.4) is 0 Å². The molecule has 1 rings (SSSR count). The van der Waals surface area contributed by atoms with Gasteiger partial charge in [-0.15, -0.1) is 0 Å². The number of amides is 1. The summed E-state index contributed by atoms with van der Waals surface area (Å²) in [6, 6.07) is 3.20. The normalized spacial score (nSPS) is 9.86. The van der Waals surface area contributed by atoms with Crippen molar-refractivity contribution in [3.8, 4) is 0 Å². The minimum absolute atomic E-state index is 0.0239. The lowest BCUT2D eigenvalue weighted by Crippen LogP contribution is -2.40. The largest absolute Gasteiger partial charge is 0.468 e. The highest BCUT2D eigenvalue weighted by Crippen LogP contribution is 2.16. The van der Waals surface area contributed by atoms with Crippen LogP contribution in [-0.4, -0.2) is 50.1 Å². The van der Waals surface area contributed by atoms with Gasteiger partial charge in [-0.3, -0.25) is 14.4 Å². The molecule has 0 saturated carbocycles. The van der Waals surface area contributed by atoms with Crippen molar-refractivity contribution in [1.29, 1.82) is 0 Å². The maximum Gasteiger partial charge on any atom is 0.325 e. The Hall–Kier alpha value is -2.64. The van der Waals surface area contributed by atoms with Crippen LogP contribution in [-0.2, 0) is 19.1 Å². The highest BCUT2D eigenvalue weighted by molar-refractivity contribution is 6.01. The maximum absolute atomic E-state index is 13.0. The van der Waals surface area contributed by atoms with Gasteiger partial charge in [0, 0.05) is 5.69 Å². The van der Waals surface area contributed by atoms with Crippen molar-refractivity contribution in [3.63, 3.8) is 0 Å². The Balaban J connectivity index is 3.02. The second-order valence-electron chi connectivity index (χ2n) is 4.05. The molecule has 0 saturated heterocycles. The predicted octanol–water partition coefficient (Wildman–Crippen LogP) is 0.196. The zero-order valence-corrected chi connectivity index (χ0v) is 11.6. The summed E-state index contributed by atoms with van der Waals surface area (Å²) < 4.78 is 21.9. The molecule has 2 N–H and O–H groups in total. The van der Waals surface area contributed by atoms with Crippen molar-refractivity contribution < 1.29 is 28.2 Å². The minimum Gasteiger partial charge on any atom is -0.468 e. The van der Waals surface area contributed by atoms with Gasteiger partial charge in [0.15, 0.2) is 0 Å². The average molecular weight is 298 g/mol. The third kappa shape index (κ3) is 4.44. The van der Waals surface area contributed by atoms with Crippen molar-refractivity contribution in [2.45, 2.75) is 0 Å². The van der Waals surface area contributed by atoms with Crippen molar-refractivity contribution in [2.24, 2.45) is 0 Å². The number of hydrogen-bond donors (Lipinski definition) is 1. The van der Waals surface area contributed by atoms with Crippen LogP contribution < -0.4 is 5.73 Å². The molecule has 1 aromatic carbocycles. The van der Waals surface area contributed by atoms with Crippen LogP contribution >= 0.6 is 0 Å². The van der Waals surface area contributed by atoms with E-state index in [1.165, 1.54) is 6.07 Å². The number of esters is 2. The first-order valence-corrected chi connectivity index (χ1v) is 5.87. The third-order valence-electron chi connectivity index (χ3n) is 2.63. The van der Waals surface area contributed by atoms with Gasteiger partial charge in [0.05, 0.1) is 19.8 Å². The molecular weight excluding hydrogens is 283 g/mol. The molecule has 0 heterocycles. The molecule has 0 aliphatic carbocycles. The number of anilines is 1. The monoisotopic (exact) mass is 298 g/mol. The molecular formula is C13H15FN2O5. The van der Waals surface area contributed by atoms with Crippen LogP contribution in [0.4, 0.5) is 10.1 Å². The minimum atomic E-state index is -0.715. The lowest BCUT2D eigenvalue weighted by Gasteiger charge is -2.20. The van der Waals surface area contributed by atoms with Gasteiger partial charge in [-0.25, -0.2) is 4.39 Å². The van der Waals surface area contributed by atoms with Gasteiger partial charge in [-0.2, -0.15) is 0 Å². The van der Waals surface area contributed by atoms with E-state index in [2.05, 4.69) is 9.47 Å². The van der Waals surface area contributed by atoms with Crippen molar-refractivity contribution in [1.82, 2.24) is 4.90 Å². The Bertz CT molecular complexity index is 543. The number of benzene rings is 1. The molecule has 0 radical (unpaired) electrons. The summed E-state index contributed by atoms with van der Waals surface area (Å²) in [6.07, 6.45) is 0. The molecule has 0 aliphatic heterocycles. The number of hydrogen-bond acceptors (Lipinski definition) is 6. The summed E-state index contributed by atoms with van der Waals surface area (Å²) in [7, 11) is 2.30. The Kier molecular flexibility index (Phi) is 5.65. The number of nitrogen functional groups attached to an aromatic ring is 1. The first-order valence-electron chi connectivity index (χ1n) is 5.87. The Morgan fingerprint density at radius 3 is 2.10 bits per heavy atom. The number of ether oxygens (including phenoxy) is 2. The van der Waals surface area contributed by atoms with Crippen LogP contribution in [0.2, 0.25) is 0 Å². The fourth-order valence-corrected chi connectivity index (χ4v) is 1.54. The Morgan fingerprint density at radius 1 is 1.14 bits per heavy atom. The van der Waals surface area contributed by atoms with Gasteiger partial charge in [0.25, 0.3) is 5.91 Å². The molecule has 0 fully saturated rings. The highest BCUT2D eigenvalue weighted by Gasteiger charge is 2.24. The predicted molar refractivity (Wildman–Crippen MR) is 70.7 cm³/mol. The lowest BCUT2D eigenvalue weighted by atomic mass is 10.1. The van der Waals surface area contributed by atoms with Gasteiger partial charge in [-0.05, 0) is 18.2 Å². The zero-order chi connectivity index (χ0) is 16.0. The molecule has 0 spiro atoms. The van der Waals surface area contributed by atoms with E-state index >= 15 is 0 Å². The molecule has 1 aromatic rings. The first kappa shape index (κ1) is 16.4. The molecule has 8 heteroatoms. The lowest BCUT2D eigenvalue weighted by molar-refractivity contribution is -0.144. The van der Waals surface area contributed by atoms with Gasteiger partial charge >= 0.3 is 11.9 Å². The van der Waals surface area contributed by atoms with Crippen LogP contribution in [0.15, 0.2) is 18.2 Å². The van der Waals surface area contributed by atoms with Gasteiger partial charge in [0.1, 0.15) is 18.9 Å². The van der Waals surface area contributed by atoms with Crippen molar-refractivity contribution in [3.05, 3.63) is 29.6 Å². The van der Waals surface area contributed by atoms with Crippen LogP contribution in [0.25, 0.3) is 0 Å². The number of nitrogens with zero attached hydrogens (tertiary/aromatic N) is 1. The number of nitrogens with two attached hydrogens (primary N) is 1. The molecule has 21 heavy (non-hydrogen) atoms. The Labute approximate surface area is 120 Å². The number of rotatable bonds is 5. The summed E-state index contributed by atoms with van der Waals surface area (Å²) in [6.45, 7) is -0.914.